The fourth-order valence-electron chi connectivity index (χ4n) is 1.96. The first kappa shape index (κ1) is 20.7. The van der Waals surface area contributed by atoms with E-state index in [0.717, 1.165) is 6.07 Å². The van der Waals surface area contributed by atoms with E-state index >= 15 is 0 Å². The highest BCUT2D eigenvalue weighted by atomic mass is 35.5. The van der Waals surface area contributed by atoms with Crippen LogP contribution in [-0.4, -0.2) is 30.9 Å². The number of aryl methyl sites for hydroxylation is 1. The predicted molar refractivity (Wildman–Crippen MR) is 99.5 cm³/mol. The number of hydrogen-bond acceptors (Lipinski definition) is 4. The summed E-state index contributed by atoms with van der Waals surface area (Å²) in [6.45, 7) is 0.581. The lowest BCUT2D eigenvalue weighted by Gasteiger charge is -2.08. The first-order valence-electron chi connectivity index (χ1n) is 7.71. The minimum absolute atomic E-state index is 0.205. The zero-order valence-corrected chi connectivity index (χ0v) is 15.7. The van der Waals surface area contributed by atoms with Gasteiger partial charge in [0.1, 0.15) is 12.4 Å². The van der Waals surface area contributed by atoms with Crippen molar-refractivity contribution in [1.29, 1.82) is 0 Å². The van der Waals surface area contributed by atoms with E-state index in [0.29, 0.717) is 10.6 Å². The zero-order valence-electron chi connectivity index (χ0n) is 14.1. The van der Waals surface area contributed by atoms with Crippen LogP contribution >= 0.6 is 23.2 Å². The Morgan fingerprint density at radius 3 is 2.48 bits per heavy atom. The van der Waals surface area contributed by atoms with Gasteiger partial charge in [-0.3, -0.25) is 14.4 Å². The molecule has 0 bridgehead atoms. The second kappa shape index (κ2) is 9.34. The number of rotatable bonds is 6. The molecular weight excluding hydrogens is 398 g/mol. The van der Waals surface area contributed by atoms with E-state index in [9.17, 15) is 18.8 Å². The van der Waals surface area contributed by atoms with Gasteiger partial charge in [0.2, 0.25) is 0 Å². The number of benzene rings is 2. The number of nitrogens with one attached hydrogen (secondary N) is 2. The summed E-state index contributed by atoms with van der Waals surface area (Å²) >= 11 is 11.6. The Balaban J connectivity index is 1.76. The van der Waals surface area contributed by atoms with E-state index in [2.05, 4.69) is 10.6 Å². The van der Waals surface area contributed by atoms with Gasteiger partial charge in [-0.2, -0.15) is 0 Å². The number of hydrogen-bond donors (Lipinski definition) is 2. The number of carbonyl (C=O) groups is 3. The molecule has 0 spiro atoms. The van der Waals surface area contributed by atoms with Gasteiger partial charge in [-0.05, 0) is 42.8 Å². The molecule has 27 heavy (non-hydrogen) atoms. The summed E-state index contributed by atoms with van der Waals surface area (Å²) in [6, 6.07) is 8.45. The SMILES string of the molecule is Cc1ccc(NC(=O)COC(=O)CNC(=O)c2ccc(Cl)c(Cl)c2)cc1F. The quantitative estimate of drug-likeness (QED) is 0.712. The third-order valence-corrected chi connectivity index (χ3v) is 4.13. The molecule has 0 radical (unpaired) electrons. The number of halogens is 3. The Bertz CT molecular complexity index is 890. The smallest absolute Gasteiger partial charge is 0.325 e. The van der Waals surface area contributed by atoms with Crippen LogP contribution in [0.15, 0.2) is 36.4 Å². The van der Waals surface area contributed by atoms with Gasteiger partial charge in [-0.1, -0.05) is 29.3 Å². The Labute approximate surface area is 164 Å². The lowest BCUT2D eigenvalue weighted by Crippen LogP contribution is -2.32. The average Bonchev–Trinajstić information content (AvgIpc) is 2.63. The summed E-state index contributed by atoms with van der Waals surface area (Å²) in [5.74, 6) is -2.46. The van der Waals surface area contributed by atoms with E-state index in [1.165, 1.54) is 30.3 Å². The second-order valence-corrected chi connectivity index (χ2v) is 6.30. The molecule has 0 aromatic heterocycles. The highest BCUT2D eigenvalue weighted by molar-refractivity contribution is 6.42. The maximum Gasteiger partial charge on any atom is 0.325 e. The van der Waals surface area contributed by atoms with Gasteiger partial charge in [0.15, 0.2) is 6.61 Å². The Kier molecular flexibility index (Phi) is 7.15. The van der Waals surface area contributed by atoms with Gasteiger partial charge in [0.25, 0.3) is 11.8 Å². The fraction of sp³-hybridized carbons (Fsp3) is 0.167. The predicted octanol–water partition coefficient (Wildman–Crippen LogP) is 3.35. The van der Waals surface area contributed by atoms with Crippen molar-refractivity contribution in [3.8, 4) is 0 Å². The number of carbonyl (C=O) groups excluding carboxylic acids is 3. The Hall–Kier alpha value is -2.64. The molecule has 0 aliphatic rings. The van der Waals surface area contributed by atoms with Crippen LogP contribution < -0.4 is 10.6 Å². The van der Waals surface area contributed by atoms with Crippen LogP contribution in [0.2, 0.25) is 10.0 Å². The molecule has 0 aliphatic carbocycles. The first-order valence-corrected chi connectivity index (χ1v) is 8.46. The van der Waals surface area contributed by atoms with Gasteiger partial charge in [-0.15, -0.1) is 0 Å². The average molecular weight is 413 g/mol. The van der Waals surface area contributed by atoms with Crippen LogP contribution in [0.4, 0.5) is 10.1 Å². The van der Waals surface area contributed by atoms with Crippen LogP contribution in [-0.2, 0) is 14.3 Å². The third-order valence-electron chi connectivity index (χ3n) is 3.39. The van der Waals surface area contributed by atoms with Crippen LogP contribution in [0.1, 0.15) is 15.9 Å². The van der Waals surface area contributed by atoms with Gasteiger partial charge in [0.05, 0.1) is 10.0 Å². The molecule has 2 aromatic rings. The van der Waals surface area contributed by atoms with Gasteiger partial charge in [-0.25, -0.2) is 4.39 Å². The van der Waals surface area contributed by atoms with Gasteiger partial charge < -0.3 is 15.4 Å². The van der Waals surface area contributed by atoms with Crippen molar-refractivity contribution in [3.05, 3.63) is 63.4 Å². The molecule has 0 aliphatic heterocycles. The van der Waals surface area contributed by atoms with Crippen molar-refractivity contribution >= 4 is 46.7 Å². The molecule has 2 rings (SSSR count). The lowest BCUT2D eigenvalue weighted by atomic mass is 10.2. The Morgan fingerprint density at radius 1 is 1.07 bits per heavy atom. The molecule has 0 atom stereocenters. The number of esters is 1. The van der Waals surface area contributed by atoms with Crippen molar-refractivity contribution in [2.45, 2.75) is 6.92 Å². The third kappa shape index (κ3) is 6.23. The monoisotopic (exact) mass is 412 g/mol. The largest absolute Gasteiger partial charge is 0.454 e. The lowest BCUT2D eigenvalue weighted by molar-refractivity contribution is -0.146. The second-order valence-electron chi connectivity index (χ2n) is 5.48. The summed E-state index contributed by atoms with van der Waals surface area (Å²) in [7, 11) is 0. The van der Waals surface area contributed by atoms with E-state index in [1.54, 1.807) is 6.92 Å². The first-order chi connectivity index (χ1) is 12.8. The topological polar surface area (TPSA) is 84.5 Å². The fourth-order valence-corrected chi connectivity index (χ4v) is 2.25. The molecule has 0 fully saturated rings. The Morgan fingerprint density at radius 2 is 1.81 bits per heavy atom. The molecule has 6 nitrogen and oxygen atoms in total. The maximum absolute atomic E-state index is 13.4. The molecule has 2 aromatic carbocycles. The minimum atomic E-state index is -0.811. The van der Waals surface area contributed by atoms with E-state index < -0.39 is 36.8 Å². The summed E-state index contributed by atoms with van der Waals surface area (Å²) in [5.41, 5.74) is 0.903. The van der Waals surface area contributed by atoms with Crippen molar-refractivity contribution in [2.24, 2.45) is 0 Å². The van der Waals surface area contributed by atoms with E-state index in [4.69, 9.17) is 27.9 Å². The normalized spacial score (nSPS) is 10.2. The van der Waals surface area contributed by atoms with Crippen LogP contribution in [0, 0.1) is 12.7 Å². The summed E-state index contributed by atoms with van der Waals surface area (Å²) in [5, 5.41) is 5.24. The molecule has 142 valence electrons. The van der Waals surface area contributed by atoms with E-state index in [1.807, 2.05) is 0 Å². The molecule has 9 heteroatoms. The van der Waals surface area contributed by atoms with Crippen molar-refractivity contribution < 1.29 is 23.5 Å². The van der Waals surface area contributed by atoms with Gasteiger partial charge in [0, 0.05) is 11.3 Å². The molecule has 2 N–H and O–H groups in total. The van der Waals surface area contributed by atoms with Crippen molar-refractivity contribution in [3.63, 3.8) is 0 Å². The highest BCUT2D eigenvalue weighted by Gasteiger charge is 2.12. The van der Waals surface area contributed by atoms with E-state index in [-0.39, 0.29) is 16.3 Å². The van der Waals surface area contributed by atoms with Crippen molar-refractivity contribution in [2.75, 3.05) is 18.5 Å². The van der Waals surface area contributed by atoms with Gasteiger partial charge >= 0.3 is 5.97 Å². The number of ether oxygens (including phenoxy) is 1. The summed E-state index contributed by atoms with van der Waals surface area (Å²) in [6.07, 6.45) is 0. The summed E-state index contributed by atoms with van der Waals surface area (Å²) < 4.78 is 18.2. The van der Waals surface area contributed by atoms with Crippen molar-refractivity contribution in [1.82, 2.24) is 5.32 Å². The molecular formula is C18H15Cl2FN2O4. The van der Waals surface area contributed by atoms with Crippen LogP contribution in [0.3, 0.4) is 0 Å². The molecule has 2 amide bonds. The zero-order chi connectivity index (χ0) is 20.0. The maximum atomic E-state index is 13.4. The number of anilines is 1. The number of amides is 2. The summed E-state index contributed by atoms with van der Waals surface area (Å²) in [4.78, 5) is 35.3. The standard InChI is InChI=1S/C18H15Cl2FN2O4/c1-10-2-4-12(7-15(10)21)23-16(24)9-27-17(25)8-22-18(26)11-3-5-13(19)14(20)6-11/h2-7H,8-9H2,1H3,(H,22,26)(H,23,24). The molecule has 0 saturated carbocycles. The van der Waals surface area contributed by atoms with Crippen LogP contribution in [0.25, 0.3) is 0 Å². The molecule has 0 saturated heterocycles. The molecule has 0 unspecified atom stereocenters. The molecule has 0 heterocycles. The minimum Gasteiger partial charge on any atom is -0.454 e. The highest BCUT2D eigenvalue weighted by Crippen LogP contribution is 2.22. The van der Waals surface area contributed by atoms with Crippen LogP contribution in [0.5, 0.6) is 0 Å².